The maximum atomic E-state index is 6.18. The summed E-state index contributed by atoms with van der Waals surface area (Å²) >= 11 is 6.18. The zero-order valence-electron chi connectivity index (χ0n) is 15.4. The predicted molar refractivity (Wildman–Crippen MR) is 113 cm³/mol. The summed E-state index contributed by atoms with van der Waals surface area (Å²) < 4.78 is 5.40. The maximum absolute atomic E-state index is 6.18. The zero-order chi connectivity index (χ0) is 19.5. The van der Waals surface area contributed by atoms with Gasteiger partial charge in [-0.1, -0.05) is 29.8 Å². The molecule has 0 bridgehead atoms. The summed E-state index contributed by atoms with van der Waals surface area (Å²) in [6, 6.07) is 15.4. The largest absolute Gasteiger partial charge is 0.495 e. The van der Waals surface area contributed by atoms with Crippen LogP contribution in [0.15, 0.2) is 60.9 Å². The van der Waals surface area contributed by atoms with Crippen molar-refractivity contribution in [1.82, 2.24) is 15.0 Å². The van der Waals surface area contributed by atoms with Crippen LogP contribution in [0.2, 0.25) is 5.02 Å². The summed E-state index contributed by atoms with van der Waals surface area (Å²) in [5.74, 6) is 1.72. The van der Waals surface area contributed by atoms with Gasteiger partial charge in [-0.3, -0.25) is 4.98 Å². The normalized spacial score (nSPS) is 10.7. The summed E-state index contributed by atoms with van der Waals surface area (Å²) in [6.45, 7) is 1.93. The van der Waals surface area contributed by atoms with Gasteiger partial charge in [-0.05, 0) is 36.8 Å². The van der Waals surface area contributed by atoms with E-state index in [0.29, 0.717) is 22.5 Å². The number of halogens is 1. The van der Waals surface area contributed by atoms with Crippen molar-refractivity contribution in [2.75, 3.05) is 17.7 Å². The second-order valence-corrected chi connectivity index (χ2v) is 6.61. The topological polar surface area (TPSA) is 72.0 Å². The number of hydrogen-bond acceptors (Lipinski definition) is 6. The minimum absolute atomic E-state index is 0.443. The van der Waals surface area contributed by atoms with Gasteiger partial charge in [0.15, 0.2) is 0 Å². The molecule has 140 valence electrons. The second-order valence-electron chi connectivity index (χ2n) is 6.20. The van der Waals surface area contributed by atoms with Crippen LogP contribution in [-0.4, -0.2) is 22.1 Å². The molecular formula is C21H18ClN5O. The number of rotatable bonds is 5. The Balaban J connectivity index is 1.63. The van der Waals surface area contributed by atoms with E-state index in [1.807, 2.05) is 43.3 Å². The Hall–Kier alpha value is -3.38. The van der Waals surface area contributed by atoms with Crippen molar-refractivity contribution in [3.8, 4) is 5.75 Å². The summed E-state index contributed by atoms with van der Waals surface area (Å²) in [7, 11) is 1.60. The van der Waals surface area contributed by atoms with Crippen LogP contribution in [0.25, 0.3) is 10.9 Å². The van der Waals surface area contributed by atoms with Crippen LogP contribution < -0.4 is 15.4 Å². The highest BCUT2D eigenvalue weighted by Crippen LogP contribution is 2.32. The van der Waals surface area contributed by atoms with Gasteiger partial charge in [0.1, 0.15) is 11.6 Å². The number of pyridine rings is 1. The molecule has 2 N–H and O–H groups in total. The van der Waals surface area contributed by atoms with Gasteiger partial charge in [0, 0.05) is 28.9 Å². The molecule has 2 aromatic carbocycles. The van der Waals surface area contributed by atoms with Crippen LogP contribution in [0.3, 0.4) is 0 Å². The van der Waals surface area contributed by atoms with Crippen LogP contribution in [0.5, 0.6) is 5.75 Å². The highest BCUT2D eigenvalue weighted by molar-refractivity contribution is 6.31. The quantitative estimate of drug-likeness (QED) is 0.469. The average Bonchev–Trinajstić information content (AvgIpc) is 2.71. The van der Waals surface area contributed by atoms with Gasteiger partial charge in [0.2, 0.25) is 5.95 Å². The Morgan fingerprint density at radius 2 is 1.79 bits per heavy atom. The summed E-state index contributed by atoms with van der Waals surface area (Å²) in [4.78, 5) is 13.3. The Labute approximate surface area is 167 Å². The fourth-order valence-electron chi connectivity index (χ4n) is 2.88. The first kappa shape index (κ1) is 18.0. The van der Waals surface area contributed by atoms with E-state index >= 15 is 0 Å². The number of hydrogen-bond donors (Lipinski definition) is 2. The van der Waals surface area contributed by atoms with E-state index in [0.717, 1.165) is 27.8 Å². The number of benzene rings is 2. The van der Waals surface area contributed by atoms with Gasteiger partial charge in [0.05, 0.1) is 24.0 Å². The lowest BCUT2D eigenvalue weighted by Crippen LogP contribution is -2.02. The second kappa shape index (κ2) is 7.70. The number of aryl methyl sites for hydroxylation is 1. The van der Waals surface area contributed by atoms with Gasteiger partial charge in [-0.2, -0.15) is 4.98 Å². The van der Waals surface area contributed by atoms with Crippen molar-refractivity contribution in [2.24, 2.45) is 0 Å². The molecule has 0 aliphatic carbocycles. The van der Waals surface area contributed by atoms with Crippen LogP contribution in [0.1, 0.15) is 5.56 Å². The minimum atomic E-state index is 0.443. The number of nitrogens with zero attached hydrogens (tertiary/aromatic N) is 3. The van der Waals surface area contributed by atoms with Crippen LogP contribution in [-0.2, 0) is 0 Å². The number of anilines is 4. The summed E-state index contributed by atoms with van der Waals surface area (Å²) in [5.41, 5.74) is 3.44. The fourth-order valence-corrected chi connectivity index (χ4v) is 3.04. The van der Waals surface area contributed by atoms with E-state index in [2.05, 4.69) is 25.6 Å². The molecule has 0 radical (unpaired) electrons. The van der Waals surface area contributed by atoms with Gasteiger partial charge in [0.25, 0.3) is 0 Å². The Morgan fingerprint density at radius 3 is 2.64 bits per heavy atom. The molecular weight excluding hydrogens is 374 g/mol. The molecule has 6 nitrogen and oxygen atoms in total. The molecule has 0 aliphatic heterocycles. The SMILES string of the molecule is COc1cc(Cl)c(C)cc1Nc1nccc(Nc2cccc3cccnc23)n1. The number of methoxy groups -OCH3 is 1. The van der Waals surface area contributed by atoms with E-state index in [-0.39, 0.29) is 0 Å². The van der Waals surface area contributed by atoms with Crippen molar-refractivity contribution in [1.29, 1.82) is 0 Å². The fraction of sp³-hybridized carbons (Fsp3) is 0.0952. The van der Waals surface area contributed by atoms with Crippen molar-refractivity contribution < 1.29 is 4.74 Å². The maximum Gasteiger partial charge on any atom is 0.229 e. The monoisotopic (exact) mass is 391 g/mol. The molecule has 28 heavy (non-hydrogen) atoms. The van der Waals surface area contributed by atoms with Gasteiger partial charge in [-0.15, -0.1) is 0 Å². The van der Waals surface area contributed by atoms with E-state index < -0.39 is 0 Å². The molecule has 2 aromatic heterocycles. The standard InChI is InChI=1S/C21H18ClN5O/c1-13-11-17(18(28-2)12-15(13)22)26-21-24-10-8-19(27-21)25-16-7-3-5-14-6-4-9-23-20(14)16/h3-12H,1-2H3,(H2,24,25,26,27). The molecule has 0 spiro atoms. The van der Waals surface area contributed by atoms with Crippen LogP contribution in [0.4, 0.5) is 23.1 Å². The van der Waals surface area contributed by atoms with Crippen molar-refractivity contribution in [2.45, 2.75) is 6.92 Å². The number of nitrogens with one attached hydrogen (secondary N) is 2. The van der Waals surface area contributed by atoms with Gasteiger partial charge < -0.3 is 15.4 Å². The van der Waals surface area contributed by atoms with Crippen LogP contribution >= 0.6 is 11.6 Å². The third kappa shape index (κ3) is 3.68. The smallest absolute Gasteiger partial charge is 0.229 e. The Kier molecular flexibility index (Phi) is 4.95. The first-order valence-electron chi connectivity index (χ1n) is 8.69. The third-order valence-corrected chi connectivity index (χ3v) is 4.69. The molecule has 4 aromatic rings. The van der Waals surface area contributed by atoms with Gasteiger partial charge in [-0.25, -0.2) is 4.98 Å². The first-order valence-corrected chi connectivity index (χ1v) is 9.07. The highest BCUT2D eigenvalue weighted by Gasteiger charge is 2.10. The molecule has 0 unspecified atom stereocenters. The minimum Gasteiger partial charge on any atom is -0.495 e. The molecule has 0 saturated heterocycles. The highest BCUT2D eigenvalue weighted by atomic mass is 35.5. The van der Waals surface area contributed by atoms with E-state index in [1.165, 1.54) is 0 Å². The molecule has 0 amide bonds. The van der Waals surface area contributed by atoms with Crippen molar-refractivity contribution in [3.63, 3.8) is 0 Å². The van der Waals surface area contributed by atoms with E-state index in [4.69, 9.17) is 16.3 Å². The summed E-state index contributed by atoms with van der Waals surface area (Å²) in [6.07, 6.45) is 3.46. The lowest BCUT2D eigenvalue weighted by molar-refractivity contribution is 0.416. The zero-order valence-corrected chi connectivity index (χ0v) is 16.2. The molecule has 0 fully saturated rings. The lowest BCUT2D eigenvalue weighted by Gasteiger charge is -2.13. The molecule has 7 heteroatoms. The average molecular weight is 392 g/mol. The van der Waals surface area contributed by atoms with Gasteiger partial charge >= 0.3 is 0 Å². The van der Waals surface area contributed by atoms with Crippen molar-refractivity contribution >= 4 is 45.6 Å². The lowest BCUT2D eigenvalue weighted by atomic mass is 10.2. The molecule has 4 rings (SSSR count). The van der Waals surface area contributed by atoms with Crippen LogP contribution in [0, 0.1) is 6.92 Å². The molecule has 0 atom stereocenters. The van der Waals surface area contributed by atoms with E-state index in [1.54, 1.807) is 31.6 Å². The number of para-hydroxylation sites is 1. The Morgan fingerprint density at radius 1 is 0.929 bits per heavy atom. The Bertz CT molecular complexity index is 1140. The van der Waals surface area contributed by atoms with Crippen molar-refractivity contribution in [3.05, 3.63) is 71.5 Å². The number of fused-ring (bicyclic) bond motifs is 1. The summed E-state index contributed by atoms with van der Waals surface area (Å²) in [5, 5.41) is 8.21. The molecule has 0 aliphatic rings. The third-order valence-electron chi connectivity index (χ3n) is 4.28. The number of aromatic nitrogens is 3. The first-order chi connectivity index (χ1) is 13.6. The molecule has 2 heterocycles. The van der Waals surface area contributed by atoms with E-state index in [9.17, 15) is 0 Å². The number of ether oxygens (including phenoxy) is 1. The predicted octanol–water partition coefficient (Wildman–Crippen LogP) is 5.48. The molecule has 0 saturated carbocycles.